The summed E-state index contributed by atoms with van der Waals surface area (Å²) in [6, 6.07) is 1.42. The van der Waals surface area contributed by atoms with Crippen LogP contribution in [-0.2, 0) is 0 Å². The van der Waals surface area contributed by atoms with Gasteiger partial charge < -0.3 is 11.5 Å². The van der Waals surface area contributed by atoms with Gasteiger partial charge in [-0.15, -0.1) is 0 Å². The number of benzene rings is 1. The van der Waals surface area contributed by atoms with E-state index in [0.29, 0.717) is 6.07 Å². The van der Waals surface area contributed by atoms with Gasteiger partial charge in [-0.2, -0.15) is 0 Å². The number of nitrogens with two attached hydrogens (primary N) is 2. The minimum absolute atomic E-state index is 0.401. The zero-order valence-corrected chi connectivity index (χ0v) is 7.75. The van der Waals surface area contributed by atoms with Gasteiger partial charge in [0.1, 0.15) is 11.3 Å². The molecule has 1 aromatic carbocycles. The molecule has 1 aromatic rings. The van der Waals surface area contributed by atoms with Gasteiger partial charge in [-0.25, -0.2) is 0 Å². The Morgan fingerprint density at radius 3 is 2.00 bits per heavy atom. The molecule has 0 heterocycles. The first kappa shape index (κ1) is 11.4. The van der Waals surface area contributed by atoms with Gasteiger partial charge >= 0.3 is 0 Å². The number of nitrogens with zero attached hydrogens (tertiary/aromatic N) is 2. The SMILES string of the molecule is NC(=O)c1cc([N+](=O)[O-])c(N)cc1[N+](=O)[O-]. The molecule has 0 aliphatic rings. The number of hydrogen-bond donors (Lipinski definition) is 2. The third kappa shape index (κ3) is 1.87. The van der Waals surface area contributed by atoms with Crippen LogP contribution in [0.15, 0.2) is 12.1 Å². The zero-order chi connectivity index (χ0) is 12.5. The van der Waals surface area contributed by atoms with Crippen LogP contribution in [0, 0.1) is 20.2 Å². The van der Waals surface area contributed by atoms with Crippen molar-refractivity contribution in [1.29, 1.82) is 0 Å². The van der Waals surface area contributed by atoms with Gasteiger partial charge in [0.25, 0.3) is 17.3 Å². The first-order chi connectivity index (χ1) is 7.34. The van der Waals surface area contributed by atoms with Crippen LogP contribution < -0.4 is 11.5 Å². The highest BCUT2D eigenvalue weighted by molar-refractivity contribution is 5.98. The van der Waals surface area contributed by atoms with Crippen molar-refractivity contribution >= 4 is 23.0 Å². The molecule has 0 atom stereocenters. The molecule has 0 aliphatic carbocycles. The van der Waals surface area contributed by atoms with E-state index < -0.39 is 38.4 Å². The molecule has 0 spiro atoms. The second kappa shape index (κ2) is 3.81. The smallest absolute Gasteiger partial charge is 0.293 e. The molecular formula is C7H6N4O5. The molecule has 9 heteroatoms. The molecule has 84 valence electrons. The fraction of sp³-hybridized carbons (Fsp3) is 0. The summed E-state index contributed by atoms with van der Waals surface area (Å²) in [5.74, 6) is -1.13. The van der Waals surface area contributed by atoms with Crippen molar-refractivity contribution < 1.29 is 14.6 Å². The number of carbonyl (C=O) groups excluding carboxylic acids is 1. The van der Waals surface area contributed by atoms with Crippen LogP contribution in [0.1, 0.15) is 10.4 Å². The van der Waals surface area contributed by atoms with Crippen molar-refractivity contribution in [3.63, 3.8) is 0 Å². The van der Waals surface area contributed by atoms with Gasteiger partial charge in [0.05, 0.1) is 9.85 Å². The predicted molar refractivity (Wildman–Crippen MR) is 52.7 cm³/mol. The van der Waals surface area contributed by atoms with Crippen LogP contribution in [0.3, 0.4) is 0 Å². The molecule has 0 fully saturated rings. The second-order valence-corrected chi connectivity index (χ2v) is 2.81. The molecule has 0 radical (unpaired) electrons. The van der Waals surface area contributed by atoms with Crippen LogP contribution in [0.5, 0.6) is 0 Å². The molecule has 0 bridgehead atoms. The first-order valence-corrected chi connectivity index (χ1v) is 3.86. The summed E-state index contributed by atoms with van der Waals surface area (Å²) < 4.78 is 0. The van der Waals surface area contributed by atoms with E-state index in [4.69, 9.17) is 11.5 Å². The van der Waals surface area contributed by atoms with Gasteiger partial charge in [0.2, 0.25) is 0 Å². The van der Waals surface area contributed by atoms with Crippen molar-refractivity contribution in [3.05, 3.63) is 37.9 Å². The third-order valence-electron chi connectivity index (χ3n) is 1.80. The maximum Gasteiger partial charge on any atom is 0.293 e. The third-order valence-corrected chi connectivity index (χ3v) is 1.80. The summed E-state index contributed by atoms with van der Waals surface area (Å²) in [4.78, 5) is 30.1. The molecular weight excluding hydrogens is 220 g/mol. The summed E-state index contributed by atoms with van der Waals surface area (Å²) in [5, 5.41) is 21.0. The molecule has 0 unspecified atom stereocenters. The Hall–Kier alpha value is -2.71. The summed E-state index contributed by atoms with van der Waals surface area (Å²) in [6.45, 7) is 0. The molecule has 0 aliphatic heterocycles. The van der Waals surface area contributed by atoms with Gasteiger partial charge in [-0.3, -0.25) is 25.0 Å². The van der Waals surface area contributed by atoms with E-state index in [9.17, 15) is 25.0 Å². The lowest BCUT2D eigenvalue weighted by Crippen LogP contribution is -2.14. The van der Waals surface area contributed by atoms with Gasteiger partial charge in [-0.05, 0) is 0 Å². The van der Waals surface area contributed by atoms with E-state index in [2.05, 4.69) is 0 Å². The van der Waals surface area contributed by atoms with Crippen LogP contribution in [0.4, 0.5) is 17.1 Å². The molecule has 9 nitrogen and oxygen atoms in total. The van der Waals surface area contributed by atoms with Gasteiger partial charge in [0.15, 0.2) is 0 Å². The Kier molecular flexibility index (Phi) is 2.70. The Morgan fingerprint density at radius 2 is 1.62 bits per heavy atom. The van der Waals surface area contributed by atoms with Gasteiger partial charge in [0, 0.05) is 12.1 Å². The van der Waals surface area contributed by atoms with Crippen molar-refractivity contribution in [3.8, 4) is 0 Å². The van der Waals surface area contributed by atoms with E-state index in [-0.39, 0.29) is 0 Å². The quantitative estimate of drug-likeness (QED) is 0.425. The summed E-state index contributed by atoms with van der Waals surface area (Å²) in [6.07, 6.45) is 0. The molecule has 1 rings (SSSR count). The number of hydrogen-bond acceptors (Lipinski definition) is 6. The average Bonchev–Trinajstić information content (AvgIpc) is 2.15. The van der Waals surface area contributed by atoms with Crippen LogP contribution >= 0.6 is 0 Å². The van der Waals surface area contributed by atoms with E-state index in [0.717, 1.165) is 6.07 Å². The van der Waals surface area contributed by atoms with Crippen molar-refractivity contribution in [2.24, 2.45) is 5.73 Å². The Bertz CT molecular complexity index is 498. The maximum absolute atomic E-state index is 10.9. The van der Waals surface area contributed by atoms with E-state index in [1.54, 1.807) is 0 Å². The molecule has 0 saturated carbocycles. The van der Waals surface area contributed by atoms with Gasteiger partial charge in [-0.1, -0.05) is 0 Å². The molecule has 4 N–H and O–H groups in total. The number of nitro benzene ring substituents is 2. The summed E-state index contributed by atoms with van der Waals surface area (Å²) in [7, 11) is 0. The van der Waals surface area contributed by atoms with Crippen molar-refractivity contribution in [2.75, 3.05) is 5.73 Å². The maximum atomic E-state index is 10.9. The zero-order valence-electron chi connectivity index (χ0n) is 7.75. The van der Waals surface area contributed by atoms with E-state index in [1.807, 2.05) is 0 Å². The van der Waals surface area contributed by atoms with Crippen molar-refractivity contribution in [1.82, 2.24) is 0 Å². The minimum Gasteiger partial charge on any atom is -0.393 e. The fourth-order valence-electron chi connectivity index (χ4n) is 1.10. The highest BCUT2D eigenvalue weighted by atomic mass is 16.6. The minimum atomic E-state index is -1.13. The Morgan fingerprint density at radius 1 is 1.12 bits per heavy atom. The van der Waals surface area contributed by atoms with Crippen LogP contribution in [0.2, 0.25) is 0 Å². The van der Waals surface area contributed by atoms with E-state index >= 15 is 0 Å². The number of nitrogen functional groups attached to an aromatic ring is 1. The highest BCUT2D eigenvalue weighted by Crippen LogP contribution is 2.30. The Labute approximate surface area is 87.9 Å². The lowest BCUT2D eigenvalue weighted by Gasteiger charge is -2.01. The standard InChI is InChI=1S/C7H6N4O5/c8-4-2-5(10(13)14)3(7(9)12)1-6(4)11(15)16/h1-2H,8H2,(H2,9,12). The van der Waals surface area contributed by atoms with Crippen LogP contribution in [-0.4, -0.2) is 15.8 Å². The lowest BCUT2D eigenvalue weighted by molar-refractivity contribution is -0.388. The average molecular weight is 226 g/mol. The largest absolute Gasteiger partial charge is 0.393 e. The topological polar surface area (TPSA) is 155 Å². The summed E-state index contributed by atoms with van der Waals surface area (Å²) >= 11 is 0. The second-order valence-electron chi connectivity index (χ2n) is 2.81. The highest BCUT2D eigenvalue weighted by Gasteiger charge is 2.25. The predicted octanol–water partition coefficient (Wildman–Crippen LogP) is 0.184. The first-order valence-electron chi connectivity index (χ1n) is 3.86. The normalized spacial score (nSPS) is 9.75. The number of rotatable bonds is 3. The monoisotopic (exact) mass is 226 g/mol. The molecule has 16 heavy (non-hydrogen) atoms. The lowest BCUT2D eigenvalue weighted by atomic mass is 10.1. The molecule has 0 saturated heterocycles. The van der Waals surface area contributed by atoms with E-state index in [1.165, 1.54) is 0 Å². The molecule has 0 aromatic heterocycles. The number of anilines is 1. The van der Waals surface area contributed by atoms with Crippen molar-refractivity contribution in [2.45, 2.75) is 0 Å². The Balaban J connectivity index is 3.55. The summed E-state index contributed by atoms with van der Waals surface area (Å²) in [5.41, 5.74) is 7.89. The number of amides is 1. The fourth-order valence-corrected chi connectivity index (χ4v) is 1.10. The van der Waals surface area contributed by atoms with Crippen LogP contribution in [0.25, 0.3) is 0 Å². The number of primary amides is 1. The number of carbonyl (C=O) groups is 1. The molecule has 1 amide bonds. The number of nitro groups is 2.